The molecular formula is C26H22N2O2S. The Labute approximate surface area is 184 Å². The van der Waals surface area contributed by atoms with Crippen LogP contribution in [0.25, 0.3) is 10.8 Å². The summed E-state index contributed by atoms with van der Waals surface area (Å²) in [4.78, 5) is 26.0. The van der Waals surface area contributed by atoms with Crippen molar-refractivity contribution in [1.82, 2.24) is 4.57 Å². The van der Waals surface area contributed by atoms with Crippen molar-refractivity contribution in [2.24, 2.45) is 0 Å². The van der Waals surface area contributed by atoms with E-state index in [0.717, 1.165) is 21.8 Å². The minimum Gasteiger partial charge on any atom is -0.324 e. The molecule has 1 aliphatic rings. The van der Waals surface area contributed by atoms with Crippen molar-refractivity contribution in [3.63, 3.8) is 0 Å². The van der Waals surface area contributed by atoms with Gasteiger partial charge in [0.25, 0.3) is 5.56 Å². The highest BCUT2D eigenvalue weighted by Crippen LogP contribution is 2.36. The maximum absolute atomic E-state index is 13.1. The van der Waals surface area contributed by atoms with Crippen LogP contribution in [0, 0.1) is 6.92 Å². The average molecular weight is 427 g/mol. The number of hydrogen-bond donors (Lipinski definition) is 1. The van der Waals surface area contributed by atoms with Gasteiger partial charge in [0.1, 0.15) is 6.04 Å². The van der Waals surface area contributed by atoms with E-state index in [4.69, 9.17) is 0 Å². The Morgan fingerprint density at radius 2 is 1.74 bits per heavy atom. The number of benzene rings is 3. The minimum atomic E-state index is -0.502. The summed E-state index contributed by atoms with van der Waals surface area (Å²) < 4.78 is 1.66. The lowest BCUT2D eigenvalue weighted by atomic mass is 9.97. The van der Waals surface area contributed by atoms with E-state index in [1.165, 1.54) is 16.3 Å². The Hall–Kier alpha value is -3.31. The van der Waals surface area contributed by atoms with Crippen LogP contribution in [0.15, 0.2) is 88.7 Å². The number of fused-ring (bicyclic) bond motifs is 2. The second-order valence-electron chi connectivity index (χ2n) is 7.81. The lowest BCUT2D eigenvalue weighted by Crippen LogP contribution is -2.32. The van der Waals surface area contributed by atoms with Gasteiger partial charge in [0.15, 0.2) is 0 Å². The van der Waals surface area contributed by atoms with Gasteiger partial charge in [-0.2, -0.15) is 0 Å². The van der Waals surface area contributed by atoms with E-state index in [1.54, 1.807) is 22.4 Å². The quantitative estimate of drug-likeness (QED) is 0.489. The third-order valence-electron chi connectivity index (χ3n) is 5.85. The molecule has 0 saturated heterocycles. The molecule has 0 radical (unpaired) electrons. The normalized spacial score (nSPS) is 15.1. The number of aromatic nitrogens is 1. The Morgan fingerprint density at radius 1 is 1.00 bits per heavy atom. The molecule has 2 heterocycles. The van der Waals surface area contributed by atoms with E-state index in [1.807, 2.05) is 42.5 Å². The van der Waals surface area contributed by atoms with E-state index in [-0.39, 0.29) is 11.5 Å². The van der Waals surface area contributed by atoms with Crippen LogP contribution in [-0.4, -0.2) is 16.2 Å². The molecule has 1 atom stereocenters. The van der Waals surface area contributed by atoms with Gasteiger partial charge in [-0.25, -0.2) is 0 Å². The molecular weight excluding hydrogens is 404 g/mol. The third-order valence-corrected chi connectivity index (χ3v) is 7.11. The number of nitrogens with one attached hydrogen (secondary N) is 1. The lowest BCUT2D eigenvalue weighted by molar-refractivity contribution is -0.118. The molecule has 0 bridgehead atoms. The topological polar surface area (TPSA) is 51.1 Å². The van der Waals surface area contributed by atoms with Gasteiger partial charge < -0.3 is 5.32 Å². The zero-order valence-corrected chi connectivity index (χ0v) is 18.0. The number of amides is 1. The number of para-hydroxylation sites is 1. The van der Waals surface area contributed by atoms with Gasteiger partial charge in [-0.1, -0.05) is 60.7 Å². The standard InChI is InChI=1S/C26H22N2O2S/c1-17-20(14-19-10-7-9-18-8-5-6-13-22(18)19)15-24(29)28-23(16-31-26(17)28)25(30)27-21-11-3-2-4-12-21/h2-13,15,23H,14,16H2,1H3,(H,27,30). The van der Waals surface area contributed by atoms with Crippen molar-refractivity contribution < 1.29 is 4.79 Å². The lowest BCUT2D eigenvalue weighted by Gasteiger charge is -2.17. The Kier molecular flexibility index (Phi) is 5.12. The van der Waals surface area contributed by atoms with Crippen LogP contribution in [0.2, 0.25) is 0 Å². The molecule has 1 unspecified atom stereocenters. The van der Waals surface area contributed by atoms with Crippen molar-refractivity contribution in [3.05, 3.63) is 106 Å². The van der Waals surface area contributed by atoms with Crippen molar-refractivity contribution in [2.45, 2.75) is 24.4 Å². The number of nitrogens with zero attached hydrogens (tertiary/aromatic N) is 1. The molecule has 0 saturated carbocycles. The number of carbonyl (C=O) groups is 1. The number of hydrogen-bond acceptors (Lipinski definition) is 3. The van der Waals surface area contributed by atoms with Crippen LogP contribution in [0.5, 0.6) is 0 Å². The molecule has 154 valence electrons. The summed E-state index contributed by atoms with van der Waals surface area (Å²) in [5.41, 5.74) is 3.92. The van der Waals surface area contributed by atoms with Gasteiger partial charge in [-0.05, 0) is 52.9 Å². The third kappa shape index (κ3) is 3.66. The zero-order chi connectivity index (χ0) is 21.4. The summed E-state index contributed by atoms with van der Waals surface area (Å²) >= 11 is 1.59. The average Bonchev–Trinajstić information content (AvgIpc) is 3.25. The minimum absolute atomic E-state index is 0.117. The molecule has 1 amide bonds. The first-order valence-electron chi connectivity index (χ1n) is 10.3. The largest absolute Gasteiger partial charge is 0.324 e. The second-order valence-corrected chi connectivity index (χ2v) is 8.81. The molecule has 5 rings (SSSR count). The number of thioether (sulfide) groups is 1. The first kappa shape index (κ1) is 19.6. The van der Waals surface area contributed by atoms with Crippen molar-refractivity contribution in [3.8, 4) is 0 Å². The fourth-order valence-electron chi connectivity index (χ4n) is 4.23. The van der Waals surface area contributed by atoms with Crippen LogP contribution in [0.1, 0.15) is 22.7 Å². The van der Waals surface area contributed by atoms with E-state index in [0.29, 0.717) is 12.2 Å². The van der Waals surface area contributed by atoms with Crippen LogP contribution in [0.4, 0.5) is 5.69 Å². The fraction of sp³-hybridized carbons (Fsp3) is 0.154. The summed E-state index contributed by atoms with van der Waals surface area (Å²) in [7, 11) is 0. The molecule has 0 aliphatic carbocycles. The Morgan fingerprint density at radius 3 is 2.58 bits per heavy atom. The molecule has 5 heteroatoms. The molecule has 0 spiro atoms. The molecule has 1 aliphatic heterocycles. The van der Waals surface area contributed by atoms with E-state index < -0.39 is 6.04 Å². The van der Waals surface area contributed by atoms with E-state index >= 15 is 0 Å². The molecule has 4 aromatic rings. The number of rotatable bonds is 4. The highest BCUT2D eigenvalue weighted by atomic mass is 32.2. The van der Waals surface area contributed by atoms with Gasteiger partial charge in [0.05, 0.1) is 5.03 Å². The molecule has 1 aromatic heterocycles. The second kappa shape index (κ2) is 8.08. The summed E-state index contributed by atoms with van der Waals surface area (Å²) in [6.45, 7) is 2.05. The van der Waals surface area contributed by atoms with Gasteiger partial charge in [0, 0.05) is 17.5 Å². The van der Waals surface area contributed by atoms with Crippen LogP contribution < -0.4 is 10.9 Å². The number of carbonyl (C=O) groups excluding carboxylic acids is 1. The van der Waals surface area contributed by atoms with Crippen molar-refractivity contribution in [1.29, 1.82) is 0 Å². The summed E-state index contributed by atoms with van der Waals surface area (Å²) in [6.07, 6.45) is 0.692. The van der Waals surface area contributed by atoms with Crippen molar-refractivity contribution in [2.75, 3.05) is 11.1 Å². The monoisotopic (exact) mass is 426 g/mol. The molecule has 1 N–H and O–H groups in total. The predicted octanol–water partition coefficient (Wildman–Crippen LogP) is 5.19. The number of pyridine rings is 1. The zero-order valence-electron chi connectivity index (χ0n) is 17.2. The first-order valence-corrected chi connectivity index (χ1v) is 11.3. The van der Waals surface area contributed by atoms with Crippen LogP contribution in [0.3, 0.4) is 0 Å². The molecule has 3 aromatic carbocycles. The summed E-state index contributed by atoms with van der Waals surface area (Å²) in [5.74, 6) is 0.410. The van der Waals surface area contributed by atoms with E-state index in [2.05, 4.69) is 42.6 Å². The van der Waals surface area contributed by atoms with Crippen molar-refractivity contribution >= 4 is 34.1 Å². The van der Waals surface area contributed by atoms with E-state index in [9.17, 15) is 9.59 Å². The summed E-state index contributed by atoms with van der Waals surface area (Å²) in [6, 6.07) is 25.2. The molecule has 0 fully saturated rings. The highest BCUT2D eigenvalue weighted by molar-refractivity contribution is 7.99. The number of anilines is 1. The highest BCUT2D eigenvalue weighted by Gasteiger charge is 2.32. The SMILES string of the molecule is Cc1c(Cc2cccc3ccccc23)cc(=O)n2c1SCC2C(=O)Nc1ccccc1. The maximum atomic E-state index is 13.1. The fourth-order valence-corrected chi connectivity index (χ4v) is 5.55. The summed E-state index contributed by atoms with van der Waals surface area (Å²) in [5, 5.41) is 6.24. The Bertz CT molecular complexity index is 1340. The predicted molar refractivity (Wildman–Crippen MR) is 127 cm³/mol. The molecule has 4 nitrogen and oxygen atoms in total. The van der Waals surface area contributed by atoms with Gasteiger partial charge >= 0.3 is 0 Å². The Balaban J connectivity index is 1.48. The maximum Gasteiger partial charge on any atom is 0.252 e. The first-order chi connectivity index (χ1) is 15.1. The van der Waals surface area contributed by atoms with Gasteiger partial charge in [-0.3, -0.25) is 14.2 Å². The van der Waals surface area contributed by atoms with Crippen LogP contribution >= 0.6 is 11.8 Å². The van der Waals surface area contributed by atoms with Gasteiger partial charge in [-0.15, -0.1) is 11.8 Å². The molecule has 31 heavy (non-hydrogen) atoms. The smallest absolute Gasteiger partial charge is 0.252 e. The van der Waals surface area contributed by atoms with Crippen LogP contribution in [-0.2, 0) is 11.2 Å². The van der Waals surface area contributed by atoms with Gasteiger partial charge in [0.2, 0.25) is 5.91 Å².